The average Bonchev–Trinajstić information content (AvgIpc) is 2.49. The number of nitrogens with zero attached hydrogens (tertiary/aromatic N) is 2. The highest BCUT2D eigenvalue weighted by atomic mass is 15.2. The Kier molecular flexibility index (Phi) is 5.84. The molecule has 108 valence electrons. The van der Waals surface area contributed by atoms with Crippen molar-refractivity contribution in [2.45, 2.75) is 6.54 Å². The lowest BCUT2D eigenvalue weighted by atomic mass is 10.1. The van der Waals surface area contributed by atoms with Crippen LogP contribution in [-0.2, 0) is 6.54 Å². The van der Waals surface area contributed by atoms with E-state index in [2.05, 4.69) is 52.5 Å². The van der Waals surface area contributed by atoms with E-state index in [0.29, 0.717) is 0 Å². The summed E-state index contributed by atoms with van der Waals surface area (Å²) in [4.78, 5) is 4.76. The predicted octanol–water partition coefficient (Wildman–Crippen LogP) is 2.27. The first kappa shape index (κ1) is 14.8. The Morgan fingerprint density at radius 1 is 1.05 bits per heavy atom. The van der Waals surface area contributed by atoms with E-state index in [4.69, 9.17) is 0 Å². The Labute approximate surface area is 122 Å². The van der Waals surface area contributed by atoms with Crippen LogP contribution in [0.2, 0.25) is 0 Å². The number of hydrogen-bond acceptors (Lipinski definition) is 3. The van der Waals surface area contributed by atoms with Crippen molar-refractivity contribution in [3.63, 3.8) is 0 Å². The summed E-state index contributed by atoms with van der Waals surface area (Å²) in [5, 5.41) is 3.39. The van der Waals surface area contributed by atoms with Gasteiger partial charge in [-0.05, 0) is 17.7 Å². The fourth-order valence-electron chi connectivity index (χ4n) is 2.54. The topological polar surface area (TPSA) is 18.5 Å². The fourth-order valence-corrected chi connectivity index (χ4v) is 2.54. The minimum Gasteiger partial charge on any atom is -0.364 e. The van der Waals surface area contributed by atoms with Gasteiger partial charge in [0.1, 0.15) is 0 Å². The van der Waals surface area contributed by atoms with Gasteiger partial charge >= 0.3 is 0 Å². The van der Waals surface area contributed by atoms with Crippen molar-refractivity contribution in [2.24, 2.45) is 0 Å². The molecule has 1 N–H and O–H groups in total. The van der Waals surface area contributed by atoms with Crippen LogP contribution in [0, 0.1) is 0 Å². The van der Waals surface area contributed by atoms with Crippen LogP contribution in [0.5, 0.6) is 0 Å². The van der Waals surface area contributed by atoms with E-state index < -0.39 is 0 Å². The van der Waals surface area contributed by atoms with Gasteiger partial charge in [0, 0.05) is 51.5 Å². The summed E-state index contributed by atoms with van der Waals surface area (Å²) in [5.74, 6) is 0. The second-order valence-electron chi connectivity index (χ2n) is 5.17. The van der Waals surface area contributed by atoms with E-state index in [1.165, 1.54) is 11.3 Å². The van der Waals surface area contributed by atoms with E-state index in [-0.39, 0.29) is 0 Å². The summed E-state index contributed by atoms with van der Waals surface area (Å²) >= 11 is 0. The molecule has 1 aliphatic rings. The molecule has 1 aliphatic heterocycles. The molecule has 3 heteroatoms. The molecule has 1 aromatic rings. The Morgan fingerprint density at radius 3 is 2.20 bits per heavy atom. The van der Waals surface area contributed by atoms with Crippen LogP contribution >= 0.6 is 0 Å². The van der Waals surface area contributed by atoms with E-state index >= 15 is 0 Å². The van der Waals surface area contributed by atoms with Gasteiger partial charge in [-0.3, -0.25) is 4.90 Å². The van der Waals surface area contributed by atoms with Crippen molar-refractivity contribution in [2.75, 3.05) is 44.2 Å². The molecule has 0 radical (unpaired) electrons. The fraction of sp³-hybridized carbons (Fsp3) is 0.412. The van der Waals surface area contributed by atoms with E-state index in [1.54, 1.807) is 0 Å². The lowest BCUT2D eigenvalue weighted by Crippen LogP contribution is -2.42. The smallest absolute Gasteiger partial charge is 0.0372 e. The van der Waals surface area contributed by atoms with Gasteiger partial charge in [0.2, 0.25) is 0 Å². The normalized spacial score (nSPS) is 15.8. The Morgan fingerprint density at radius 2 is 1.65 bits per heavy atom. The van der Waals surface area contributed by atoms with Gasteiger partial charge in [0.15, 0.2) is 0 Å². The summed E-state index contributed by atoms with van der Waals surface area (Å²) in [6.07, 6.45) is 3.86. The highest BCUT2D eigenvalue weighted by molar-refractivity contribution is 5.48. The maximum absolute atomic E-state index is 3.81. The minimum absolute atomic E-state index is 0.850. The molecule has 0 saturated carbocycles. The summed E-state index contributed by atoms with van der Waals surface area (Å²) in [5.41, 5.74) is 2.61. The van der Waals surface area contributed by atoms with Crippen LogP contribution in [0.1, 0.15) is 5.56 Å². The largest absolute Gasteiger partial charge is 0.364 e. The molecule has 2 rings (SSSR count). The van der Waals surface area contributed by atoms with Gasteiger partial charge in [0.25, 0.3) is 0 Å². The molecule has 1 heterocycles. The van der Waals surface area contributed by atoms with Gasteiger partial charge in [-0.2, -0.15) is 0 Å². The first-order valence-corrected chi connectivity index (χ1v) is 7.32. The van der Waals surface area contributed by atoms with Gasteiger partial charge in [-0.1, -0.05) is 24.3 Å². The number of nitrogens with one attached hydrogen (secondary N) is 1. The third kappa shape index (κ3) is 4.22. The zero-order chi connectivity index (χ0) is 14.2. The van der Waals surface area contributed by atoms with Crippen molar-refractivity contribution in [1.82, 2.24) is 10.2 Å². The van der Waals surface area contributed by atoms with E-state index in [1.807, 2.05) is 12.2 Å². The van der Waals surface area contributed by atoms with Crippen molar-refractivity contribution >= 4 is 5.69 Å². The van der Waals surface area contributed by atoms with Gasteiger partial charge in [-0.15, -0.1) is 13.2 Å². The molecule has 1 saturated heterocycles. The maximum Gasteiger partial charge on any atom is 0.0372 e. The molecule has 0 amide bonds. The molecular weight excluding hydrogens is 246 g/mol. The zero-order valence-corrected chi connectivity index (χ0v) is 12.2. The summed E-state index contributed by atoms with van der Waals surface area (Å²) in [7, 11) is 0. The molecule has 0 unspecified atom stereocenters. The number of anilines is 1. The quantitative estimate of drug-likeness (QED) is 0.768. The second-order valence-corrected chi connectivity index (χ2v) is 5.17. The van der Waals surface area contributed by atoms with Crippen LogP contribution in [0.3, 0.4) is 0 Å². The number of benzene rings is 1. The third-order valence-electron chi connectivity index (χ3n) is 3.62. The highest BCUT2D eigenvalue weighted by Gasteiger charge is 2.10. The van der Waals surface area contributed by atoms with Crippen LogP contribution in [0.15, 0.2) is 49.6 Å². The highest BCUT2D eigenvalue weighted by Crippen LogP contribution is 2.16. The summed E-state index contributed by atoms with van der Waals surface area (Å²) in [6, 6.07) is 8.86. The molecule has 3 nitrogen and oxygen atoms in total. The number of piperazine rings is 1. The maximum atomic E-state index is 3.81. The van der Waals surface area contributed by atoms with Gasteiger partial charge in [0.05, 0.1) is 0 Å². The molecule has 0 bridgehead atoms. The van der Waals surface area contributed by atoms with Crippen LogP contribution < -0.4 is 10.2 Å². The minimum atomic E-state index is 0.850. The lowest BCUT2D eigenvalue weighted by Gasteiger charge is -2.27. The first-order valence-electron chi connectivity index (χ1n) is 7.32. The molecule has 0 spiro atoms. The summed E-state index contributed by atoms with van der Waals surface area (Å²) < 4.78 is 0. The Balaban J connectivity index is 1.96. The molecule has 1 aromatic carbocycles. The first-order chi connectivity index (χ1) is 9.83. The molecule has 0 atom stereocenters. The average molecular weight is 271 g/mol. The summed E-state index contributed by atoms with van der Waals surface area (Å²) in [6.45, 7) is 14.9. The Hall–Kier alpha value is -1.58. The monoisotopic (exact) mass is 271 g/mol. The SMILES string of the molecule is C=CCN(CC=C)c1ccc(CN2CCNCC2)cc1. The molecule has 20 heavy (non-hydrogen) atoms. The third-order valence-corrected chi connectivity index (χ3v) is 3.62. The number of hydrogen-bond donors (Lipinski definition) is 1. The van der Waals surface area contributed by atoms with Gasteiger partial charge in [-0.25, -0.2) is 0 Å². The molecular formula is C17H25N3. The Bertz CT molecular complexity index is 408. The van der Waals surface area contributed by atoms with Crippen LogP contribution in [0.4, 0.5) is 5.69 Å². The molecule has 0 aliphatic carbocycles. The van der Waals surface area contributed by atoms with Crippen LogP contribution in [0.25, 0.3) is 0 Å². The van der Waals surface area contributed by atoms with Crippen molar-refractivity contribution < 1.29 is 0 Å². The second kappa shape index (κ2) is 7.88. The number of rotatable bonds is 7. The molecule has 1 fully saturated rings. The van der Waals surface area contributed by atoms with Crippen LogP contribution in [-0.4, -0.2) is 44.2 Å². The zero-order valence-electron chi connectivity index (χ0n) is 12.2. The van der Waals surface area contributed by atoms with E-state index in [0.717, 1.165) is 45.8 Å². The van der Waals surface area contributed by atoms with E-state index in [9.17, 15) is 0 Å². The standard InChI is InChI=1S/C17H25N3/c1-3-11-20(12-4-2)17-7-5-16(6-8-17)15-19-13-9-18-10-14-19/h3-8,18H,1-2,9-15H2. The van der Waals surface area contributed by atoms with Gasteiger partial charge < -0.3 is 10.2 Å². The molecule has 0 aromatic heterocycles. The van der Waals surface area contributed by atoms with Crippen molar-refractivity contribution in [3.05, 3.63) is 55.1 Å². The van der Waals surface area contributed by atoms with Crippen molar-refractivity contribution in [1.29, 1.82) is 0 Å². The lowest BCUT2D eigenvalue weighted by molar-refractivity contribution is 0.233. The predicted molar refractivity (Wildman–Crippen MR) is 87.2 cm³/mol. The van der Waals surface area contributed by atoms with Crippen molar-refractivity contribution in [3.8, 4) is 0 Å².